The summed E-state index contributed by atoms with van der Waals surface area (Å²) in [5, 5.41) is 4.77. The molecule has 0 radical (unpaired) electrons. The lowest BCUT2D eigenvalue weighted by Crippen LogP contribution is -2.29. The highest BCUT2D eigenvalue weighted by atomic mass is 32.2. The molecule has 0 bridgehead atoms. The molecular weight excluding hydrogens is 358 g/mol. The molecule has 146 valence electrons. The summed E-state index contributed by atoms with van der Waals surface area (Å²) in [5.74, 6) is 1.24. The van der Waals surface area contributed by atoms with Crippen LogP contribution in [0.2, 0.25) is 0 Å². The van der Waals surface area contributed by atoms with E-state index in [9.17, 15) is 8.42 Å². The van der Waals surface area contributed by atoms with Crippen LogP contribution >= 0.6 is 0 Å². The predicted octanol–water partition coefficient (Wildman–Crippen LogP) is 3.85. The summed E-state index contributed by atoms with van der Waals surface area (Å²) < 4.78 is 30.8. The lowest BCUT2D eigenvalue weighted by molar-refractivity contribution is 0.547. The number of rotatable bonds is 7. The molecule has 0 saturated heterocycles. The number of benzene rings is 1. The first kappa shape index (κ1) is 18.7. The first-order chi connectivity index (χ1) is 12.8. The van der Waals surface area contributed by atoms with Crippen LogP contribution in [-0.4, -0.2) is 24.7 Å². The Bertz CT molecular complexity index is 957. The average Bonchev–Trinajstić information content (AvgIpc) is 3.51. The Morgan fingerprint density at radius 3 is 2.15 bits per heavy atom. The van der Waals surface area contributed by atoms with Crippen LogP contribution in [0.1, 0.15) is 71.2 Å². The van der Waals surface area contributed by atoms with Gasteiger partial charge in [0.25, 0.3) is 0 Å². The lowest BCUT2D eigenvalue weighted by Gasteiger charge is -2.16. The summed E-state index contributed by atoms with van der Waals surface area (Å²) >= 11 is 0. The summed E-state index contributed by atoms with van der Waals surface area (Å²) in [4.78, 5) is 0.432. The van der Waals surface area contributed by atoms with Gasteiger partial charge in [0.2, 0.25) is 10.0 Å². The molecule has 1 aromatic carbocycles. The van der Waals surface area contributed by atoms with E-state index in [1.807, 2.05) is 32.4 Å². The maximum atomic E-state index is 13.0. The van der Waals surface area contributed by atoms with Gasteiger partial charge < -0.3 is 0 Å². The van der Waals surface area contributed by atoms with Crippen molar-refractivity contribution in [1.29, 1.82) is 0 Å². The van der Waals surface area contributed by atoms with Gasteiger partial charge in [0.15, 0.2) is 0 Å². The highest BCUT2D eigenvalue weighted by Crippen LogP contribution is 2.44. The molecule has 0 amide bonds. The van der Waals surface area contributed by atoms with Crippen molar-refractivity contribution in [2.45, 2.75) is 76.7 Å². The predicted molar refractivity (Wildman–Crippen MR) is 107 cm³/mol. The molecule has 1 heterocycles. The van der Waals surface area contributed by atoms with Crippen molar-refractivity contribution >= 4 is 10.0 Å². The smallest absolute Gasteiger partial charge is 0.241 e. The van der Waals surface area contributed by atoms with Crippen molar-refractivity contribution < 1.29 is 8.42 Å². The van der Waals surface area contributed by atoms with Crippen LogP contribution in [0.3, 0.4) is 0 Å². The largest absolute Gasteiger partial charge is 0.268 e. The van der Waals surface area contributed by atoms with Crippen molar-refractivity contribution in [1.82, 2.24) is 14.5 Å². The number of aromatic nitrogens is 2. The number of hydrogen-bond donors (Lipinski definition) is 1. The molecule has 2 aliphatic rings. The van der Waals surface area contributed by atoms with Gasteiger partial charge in [-0.05, 0) is 81.7 Å². The Hall–Kier alpha value is -1.66. The number of sulfonamides is 1. The highest BCUT2D eigenvalue weighted by Gasteiger charge is 2.32. The average molecular weight is 388 g/mol. The molecule has 0 aliphatic heterocycles. The molecule has 5 nitrogen and oxygen atoms in total. The quantitative estimate of drug-likeness (QED) is 0.785. The summed E-state index contributed by atoms with van der Waals surface area (Å²) in [6, 6.07) is 4.30. The van der Waals surface area contributed by atoms with Gasteiger partial charge in [0.1, 0.15) is 0 Å². The molecule has 2 fully saturated rings. The minimum Gasteiger partial charge on any atom is -0.268 e. The van der Waals surface area contributed by atoms with Crippen molar-refractivity contribution in [3.05, 3.63) is 45.8 Å². The SMILES string of the molecule is Cc1cc(C)c(C)c(S(=O)(=O)NCCn2nc(C3CC3)cc2C2CC2)c1C. The highest BCUT2D eigenvalue weighted by molar-refractivity contribution is 7.89. The van der Waals surface area contributed by atoms with E-state index in [2.05, 4.69) is 16.9 Å². The monoisotopic (exact) mass is 387 g/mol. The van der Waals surface area contributed by atoms with E-state index in [-0.39, 0.29) is 0 Å². The second-order valence-electron chi connectivity index (χ2n) is 8.25. The molecule has 6 heteroatoms. The van der Waals surface area contributed by atoms with E-state index in [4.69, 9.17) is 5.10 Å². The summed E-state index contributed by atoms with van der Waals surface area (Å²) in [6.45, 7) is 8.64. The fourth-order valence-corrected chi connectivity index (χ4v) is 5.49. The second kappa shape index (κ2) is 6.74. The van der Waals surface area contributed by atoms with Crippen LogP contribution in [0.4, 0.5) is 0 Å². The van der Waals surface area contributed by atoms with E-state index >= 15 is 0 Å². The Labute approximate surface area is 162 Å². The van der Waals surface area contributed by atoms with Crippen LogP contribution in [0, 0.1) is 27.7 Å². The Balaban J connectivity index is 1.51. The van der Waals surface area contributed by atoms with E-state index in [0.29, 0.717) is 29.8 Å². The summed E-state index contributed by atoms with van der Waals surface area (Å²) in [7, 11) is -3.54. The number of aryl methyl sites for hydroxylation is 2. The van der Waals surface area contributed by atoms with Crippen molar-refractivity contribution in [2.24, 2.45) is 0 Å². The van der Waals surface area contributed by atoms with Gasteiger partial charge in [-0.1, -0.05) is 6.07 Å². The van der Waals surface area contributed by atoms with Crippen LogP contribution in [0.25, 0.3) is 0 Å². The topological polar surface area (TPSA) is 64.0 Å². The van der Waals surface area contributed by atoms with Crippen LogP contribution < -0.4 is 4.72 Å². The fraction of sp³-hybridized carbons (Fsp3) is 0.571. The molecule has 0 spiro atoms. The number of hydrogen-bond acceptors (Lipinski definition) is 3. The van der Waals surface area contributed by atoms with Gasteiger partial charge in [-0.2, -0.15) is 5.10 Å². The first-order valence-electron chi connectivity index (χ1n) is 9.92. The Kier molecular flexibility index (Phi) is 4.67. The van der Waals surface area contributed by atoms with Crippen molar-refractivity contribution in [3.8, 4) is 0 Å². The number of nitrogens with zero attached hydrogens (tertiary/aromatic N) is 2. The molecular formula is C21H29N3O2S. The zero-order valence-electron chi connectivity index (χ0n) is 16.7. The van der Waals surface area contributed by atoms with E-state index in [1.165, 1.54) is 37.1 Å². The van der Waals surface area contributed by atoms with Crippen LogP contribution in [0.5, 0.6) is 0 Å². The van der Waals surface area contributed by atoms with Gasteiger partial charge in [0, 0.05) is 24.1 Å². The summed E-state index contributed by atoms with van der Waals surface area (Å²) in [5.41, 5.74) is 6.17. The Morgan fingerprint density at radius 2 is 1.59 bits per heavy atom. The zero-order chi connectivity index (χ0) is 19.3. The van der Waals surface area contributed by atoms with Gasteiger partial charge in [0.05, 0.1) is 17.1 Å². The standard InChI is InChI=1S/C21H29N3O2S/c1-13-11-14(2)16(4)21(15(13)3)27(25,26)22-9-10-24-20(18-7-8-18)12-19(23-24)17-5-6-17/h11-12,17-18,22H,5-10H2,1-4H3. The molecule has 2 aliphatic carbocycles. The second-order valence-corrected chi connectivity index (χ2v) is 9.96. The molecule has 4 rings (SSSR count). The normalized spacial score (nSPS) is 17.5. The van der Waals surface area contributed by atoms with Gasteiger partial charge in [-0.15, -0.1) is 0 Å². The van der Waals surface area contributed by atoms with E-state index in [1.54, 1.807) is 0 Å². The number of nitrogens with one attached hydrogen (secondary N) is 1. The van der Waals surface area contributed by atoms with Crippen molar-refractivity contribution in [3.63, 3.8) is 0 Å². The maximum Gasteiger partial charge on any atom is 0.241 e. The fourth-order valence-electron chi connectivity index (χ4n) is 3.86. The molecule has 1 N–H and O–H groups in total. The van der Waals surface area contributed by atoms with Crippen LogP contribution in [-0.2, 0) is 16.6 Å². The van der Waals surface area contributed by atoms with E-state index < -0.39 is 10.0 Å². The van der Waals surface area contributed by atoms with Gasteiger partial charge in [-0.3, -0.25) is 4.68 Å². The molecule has 0 atom stereocenters. The van der Waals surface area contributed by atoms with E-state index in [0.717, 1.165) is 22.3 Å². The minimum absolute atomic E-state index is 0.361. The maximum absolute atomic E-state index is 13.0. The third-order valence-electron chi connectivity index (χ3n) is 6.00. The lowest BCUT2D eigenvalue weighted by atomic mass is 10.0. The zero-order valence-corrected chi connectivity index (χ0v) is 17.5. The van der Waals surface area contributed by atoms with Crippen LogP contribution in [0.15, 0.2) is 17.0 Å². The first-order valence-corrected chi connectivity index (χ1v) is 11.4. The molecule has 0 unspecified atom stereocenters. The third-order valence-corrected chi connectivity index (χ3v) is 7.74. The minimum atomic E-state index is -3.54. The van der Waals surface area contributed by atoms with Gasteiger partial charge in [-0.25, -0.2) is 13.1 Å². The van der Waals surface area contributed by atoms with Crippen molar-refractivity contribution in [2.75, 3.05) is 6.54 Å². The van der Waals surface area contributed by atoms with Gasteiger partial charge >= 0.3 is 0 Å². The third kappa shape index (κ3) is 3.69. The molecule has 1 aromatic heterocycles. The Morgan fingerprint density at radius 1 is 1.00 bits per heavy atom. The molecule has 2 saturated carbocycles. The molecule has 27 heavy (non-hydrogen) atoms. The molecule has 2 aromatic rings. The summed E-state index contributed by atoms with van der Waals surface area (Å²) in [6.07, 6.45) is 4.92.